The van der Waals surface area contributed by atoms with Gasteiger partial charge in [-0.2, -0.15) is 0 Å². The molecule has 0 bridgehead atoms. The molecule has 0 radical (unpaired) electrons. The third-order valence-electron chi connectivity index (χ3n) is 4.60. The number of hydrogen-bond acceptors (Lipinski definition) is 5. The lowest BCUT2D eigenvalue weighted by molar-refractivity contribution is -0.128. The summed E-state index contributed by atoms with van der Waals surface area (Å²) in [6.45, 7) is 1.58. The second-order valence-electron chi connectivity index (χ2n) is 6.41. The second-order valence-corrected chi connectivity index (χ2v) is 7.65. The average Bonchev–Trinajstić information content (AvgIpc) is 3.01. The van der Waals surface area contributed by atoms with Gasteiger partial charge in [-0.15, -0.1) is 24.2 Å². The van der Waals surface area contributed by atoms with E-state index >= 15 is 0 Å². The highest BCUT2D eigenvalue weighted by atomic mass is 35.5. The fourth-order valence-corrected chi connectivity index (χ4v) is 4.21. The van der Waals surface area contributed by atoms with E-state index in [0.717, 1.165) is 0 Å². The topological polar surface area (TPSA) is 90.5 Å². The molecule has 2 amide bonds. The van der Waals surface area contributed by atoms with Gasteiger partial charge in [-0.3, -0.25) is 9.59 Å². The van der Waals surface area contributed by atoms with Crippen LogP contribution in [0.5, 0.6) is 0 Å². The van der Waals surface area contributed by atoms with Crippen molar-refractivity contribution in [2.45, 2.75) is 23.8 Å². The van der Waals surface area contributed by atoms with Crippen molar-refractivity contribution in [3.8, 4) is 0 Å². The summed E-state index contributed by atoms with van der Waals surface area (Å²) in [5.74, 6) is -0.377. The average molecular weight is 404 g/mol. The molecule has 9 heteroatoms. The maximum absolute atomic E-state index is 13.7. The van der Waals surface area contributed by atoms with Gasteiger partial charge in [-0.05, 0) is 18.1 Å². The molecule has 4 atom stereocenters. The van der Waals surface area contributed by atoms with E-state index in [2.05, 4.69) is 16.0 Å². The first-order valence-electron chi connectivity index (χ1n) is 8.36. The predicted molar refractivity (Wildman–Crippen MR) is 101 cm³/mol. The summed E-state index contributed by atoms with van der Waals surface area (Å²) in [6, 6.07) is 5.81. The molecule has 4 N–H and O–H groups in total. The van der Waals surface area contributed by atoms with Crippen LogP contribution in [0.15, 0.2) is 24.3 Å². The molecule has 2 aliphatic rings. The summed E-state index contributed by atoms with van der Waals surface area (Å²) < 4.78 is 13.7. The van der Waals surface area contributed by atoms with Crippen LogP contribution in [0, 0.1) is 11.7 Å². The monoisotopic (exact) mass is 403 g/mol. The highest BCUT2D eigenvalue weighted by molar-refractivity contribution is 8.00. The highest BCUT2D eigenvalue weighted by Crippen LogP contribution is 2.23. The number of aliphatic hydroxyl groups excluding tert-OH is 1. The van der Waals surface area contributed by atoms with Crippen molar-refractivity contribution in [2.24, 2.45) is 5.92 Å². The van der Waals surface area contributed by atoms with Crippen LogP contribution in [-0.2, 0) is 16.0 Å². The first-order chi connectivity index (χ1) is 12.0. The molecule has 6 nitrogen and oxygen atoms in total. The molecule has 3 rings (SSSR count). The molecule has 1 aromatic rings. The standard InChI is InChI=1S/C17H22FN3O3S.ClH/c18-12-4-2-1-3-10(12)5-15-17(24)21-13(9-25-15)16(23)20-7-11-6-19-8-14(11)22;/h1-4,11,13-15,19,22H,5-9H2,(H,20,23)(H,21,24);1H. The fraction of sp³-hybridized carbons (Fsp3) is 0.529. The Kier molecular flexibility index (Phi) is 7.69. The van der Waals surface area contributed by atoms with Gasteiger partial charge in [0.25, 0.3) is 0 Å². The zero-order chi connectivity index (χ0) is 17.8. The van der Waals surface area contributed by atoms with E-state index in [0.29, 0.717) is 37.4 Å². The number of carbonyl (C=O) groups excluding carboxylic acids is 2. The fourth-order valence-electron chi connectivity index (χ4n) is 3.03. The molecular formula is C17H23ClFN3O3S. The van der Waals surface area contributed by atoms with Gasteiger partial charge < -0.3 is 21.1 Å². The Morgan fingerprint density at radius 1 is 1.35 bits per heavy atom. The number of carbonyl (C=O) groups is 2. The van der Waals surface area contributed by atoms with Crippen molar-refractivity contribution in [3.05, 3.63) is 35.6 Å². The number of β-amino-alcohol motifs (C(OH)–C–C–N with tert-alkyl or cyclic N) is 1. The molecule has 26 heavy (non-hydrogen) atoms. The van der Waals surface area contributed by atoms with Crippen molar-refractivity contribution in [3.63, 3.8) is 0 Å². The minimum atomic E-state index is -0.596. The van der Waals surface area contributed by atoms with Crippen LogP contribution >= 0.6 is 24.2 Å². The van der Waals surface area contributed by atoms with Gasteiger partial charge in [0, 0.05) is 31.3 Å². The summed E-state index contributed by atoms with van der Waals surface area (Å²) in [5.41, 5.74) is 0.501. The zero-order valence-electron chi connectivity index (χ0n) is 14.1. The number of rotatable bonds is 5. The van der Waals surface area contributed by atoms with Gasteiger partial charge >= 0.3 is 0 Å². The summed E-state index contributed by atoms with van der Waals surface area (Å²) in [4.78, 5) is 24.5. The molecule has 0 aliphatic carbocycles. The number of nitrogens with one attached hydrogen (secondary N) is 3. The maximum atomic E-state index is 13.7. The van der Waals surface area contributed by atoms with Gasteiger partial charge in [0.05, 0.1) is 11.4 Å². The van der Waals surface area contributed by atoms with E-state index in [-0.39, 0.29) is 36.0 Å². The van der Waals surface area contributed by atoms with E-state index < -0.39 is 17.4 Å². The Bertz CT molecular complexity index is 651. The Labute approximate surface area is 162 Å². The summed E-state index contributed by atoms with van der Waals surface area (Å²) in [5, 5.41) is 17.9. The lowest BCUT2D eigenvalue weighted by atomic mass is 10.1. The number of hydrogen-bond donors (Lipinski definition) is 4. The van der Waals surface area contributed by atoms with Gasteiger partial charge in [0.15, 0.2) is 0 Å². The zero-order valence-corrected chi connectivity index (χ0v) is 15.7. The van der Waals surface area contributed by atoms with E-state index in [1.54, 1.807) is 18.2 Å². The van der Waals surface area contributed by atoms with E-state index in [4.69, 9.17) is 0 Å². The molecule has 2 heterocycles. The van der Waals surface area contributed by atoms with Crippen molar-refractivity contribution >= 4 is 36.0 Å². The number of aliphatic hydroxyl groups is 1. The number of amides is 2. The Balaban J connectivity index is 0.00000243. The number of benzene rings is 1. The van der Waals surface area contributed by atoms with Crippen LogP contribution in [0.4, 0.5) is 4.39 Å². The molecule has 1 aromatic carbocycles. The van der Waals surface area contributed by atoms with E-state index in [1.165, 1.54) is 17.8 Å². The summed E-state index contributed by atoms with van der Waals surface area (Å²) >= 11 is 1.37. The predicted octanol–water partition coefficient (Wildman–Crippen LogP) is 0.0867. The molecule has 4 unspecified atom stereocenters. The van der Waals surface area contributed by atoms with Crippen LogP contribution in [0.1, 0.15) is 5.56 Å². The van der Waals surface area contributed by atoms with Crippen molar-refractivity contribution in [1.82, 2.24) is 16.0 Å². The van der Waals surface area contributed by atoms with Crippen molar-refractivity contribution < 1.29 is 19.1 Å². The number of thioether (sulfide) groups is 1. The molecule has 2 fully saturated rings. The first-order valence-corrected chi connectivity index (χ1v) is 9.41. The maximum Gasteiger partial charge on any atom is 0.243 e. The first kappa shape index (κ1) is 21.0. The van der Waals surface area contributed by atoms with Crippen LogP contribution < -0.4 is 16.0 Å². The van der Waals surface area contributed by atoms with Crippen LogP contribution in [0.3, 0.4) is 0 Å². The minimum Gasteiger partial charge on any atom is -0.391 e. The molecule has 0 spiro atoms. The van der Waals surface area contributed by atoms with Crippen LogP contribution in [0.25, 0.3) is 0 Å². The smallest absolute Gasteiger partial charge is 0.243 e. The Hall–Kier alpha value is -1.35. The largest absolute Gasteiger partial charge is 0.391 e. The normalized spacial score (nSPS) is 28.2. The second kappa shape index (κ2) is 9.55. The minimum absolute atomic E-state index is 0. The molecule has 2 saturated heterocycles. The lowest BCUT2D eigenvalue weighted by Crippen LogP contribution is -2.55. The molecule has 144 valence electrons. The van der Waals surface area contributed by atoms with Gasteiger partial charge in [0.2, 0.25) is 11.8 Å². The van der Waals surface area contributed by atoms with Gasteiger partial charge in [-0.25, -0.2) is 4.39 Å². The van der Waals surface area contributed by atoms with Gasteiger partial charge in [0.1, 0.15) is 11.9 Å². The molecular weight excluding hydrogens is 381 g/mol. The van der Waals surface area contributed by atoms with Crippen LogP contribution in [0.2, 0.25) is 0 Å². The van der Waals surface area contributed by atoms with Crippen molar-refractivity contribution in [1.29, 1.82) is 0 Å². The SMILES string of the molecule is Cl.O=C(NCC1CNCC1O)C1CSC(Cc2ccccc2F)C(=O)N1. The van der Waals surface area contributed by atoms with E-state index in [9.17, 15) is 19.1 Å². The molecule has 0 aromatic heterocycles. The van der Waals surface area contributed by atoms with Crippen LogP contribution in [-0.4, -0.2) is 59.7 Å². The summed E-state index contributed by atoms with van der Waals surface area (Å²) in [6.07, 6.45) is -0.155. The van der Waals surface area contributed by atoms with E-state index in [1.807, 2.05) is 0 Å². The molecule has 2 aliphatic heterocycles. The lowest BCUT2D eigenvalue weighted by Gasteiger charge is -2.28. The quantitative estimate of drug-likeness (QED) is 0.559. The Morgan fingerprint density at radius 2 is 2.12 bits per heavy atom. The third-order valence-corrected chi connectivity index (χ3v) is 5.90. The Morgan fingerprint density at radius 3 is 2.77 bits per heavy atom. The third kappa shape index (κ3) is 5.09. The molecule has 0 saturated carbocycles. The number of halogens is 2. The highest BCUT2D eigenvalue weighted by Gasteiger charge is 2.33. The summed E-state index contributed by atoms with van der Waals surface area (Å²) in [7, 11) is 0. The van der Waals surface area contributed by atoms with Gasteiger partial charge in [-0.1, -0.05) is 18.2 Å². The van der Waals surface area contributed by atoms with Crippen molar-refractivity contribution in [2.75, 3.05) is 25.4 Å².